The summed E-state index contributed by atoms with van der Waals surface area (Å²) in [5.74, 6) is 0.448. The Hall–Kier alpha value is -0.450. The fourth-order valence-electron chi connectivity index (χ4n) is 1.07. The number of aliphatic hydroxyl groups is 1. The molecule has 0 saturated heterocycles. The van der Waals surface area contributed by atoms with Crippen LogP contribution in [0.3, 0.4) is 0 Å². The Morgan fingerprint density at radius 1 is 1.62 bits per heavy atom. The first-order valence-electron chi connectivity index (χ1n) is 4.45. The molecule has 1 heterocycles. The van der Waals surface area contributed by atoms with E-state index in [2.05, 4.69) is 24.1 Å². The molecular weight excluding hydrogens is 184 g/mol. The van der Waals surface area contributed by atoms with Gasteiger partial charge in [-0.15, -0.1) is 11.3 Å². The van der Waals surface area contributed by atoms with Gasteiger partial charge in [-0.1, -0.05) is 13.8 Å². The van der Waals surface area contributed by atoms with E-state index in [-0.39, 0.29) is 12.6 Å². The van der Waals surface area contributed by atoms with Crippen LogP contribution in [0, 0.1) is 5.92 Å². The highest BCUT2D eigenvalue weighted by Gasteiger charge is 2.10. The molecule has 0 amide bonds. The maximum absolute atomic E-state index is 9.04. The van der Waals surface area contributed by atoms with Crippen LogP contribution in [-0.4, -0.2) is 22.7 Å². The first-order valence-corrected chi connectivity index (χ1v) is 5.39. The van der Waals surface area contributed by atoms with Gasteiger partial charge in [-0.05, 0) is 5.92 Å². The van der Waals surface area contributed by atoms with Crippen LogP contribution in [0.25, 0.3) is 0 Å². The number of nitrogens with zero attached hydrogens (tertiary/aromatic N) is 1. The third kappa shape index (κ3) is 3.42. The molecule has 0 unspecified atom stereocenters. The van der Waals surface area contributed by atoms with Gasteiger partial charge >= 0.3 is 0 Å². The van der Waals surface area contributed by atoms with Gasteiger partial charge in [-0.3, -0.25) is 0 Å². The van der Waals surface area contributed by atoms with E-state index in [0.717, 1.165) is 12.2 Å². The van der Waals surface area contributed by atoms with E-state index in [9.17, 15) is 0 Å². The Bertz CT molecular complexity index is 224. The lowest BCUT2D eigenvalue weighted by Gasteiger charge is -2.19. The number of rotatable bonds is 5. The lowest BCUT2D eigenvalue weighted by molar-refractivity contribution is 0.210. The standard InChI is InChI=1S/C9H16N2OS/c1-7(2)9(4-12)10-3-8-5-13-6-11-8/h5-7,9-10,12H,3-4H2,1-2H3/t9-/m1/s1. The molecule has 0 radical (unpaired) electrons. The van der Waals surface area contributed by atoms with Crippen molar-refractivity contribution < 1.29 is 5.11 Å². The summed E-state index contributed by atoms with van der Waals surface area (Å²) in [6.45, 7) is 5.11. The molecule has 13 heavy (non-hydrogen) atoms. The molecular formula is C9H16N2OS. The fourth-order valence-corrected chi connectivity index (χ4v) is 1.63. The van der Waals surface area contributed by atoms with Crippen molar-refractivity contribution in [1.29, 1.82) is 0 Å². The van der Waals surface area contributed by atoms with Crippen molar-refractivity contribution in [2.45, 2.75) is 26.4 Å². The predicted octanol–water partition coefficient (Wildman–Crippen LogP) is 1.25. The van der Waals surface area contributed by atoms with Crippen molar-refractivity contribution in [3.63, 3.8) is 0 Å². The van der Waals surface area contributed by atoms with Gasteiger partial charge in [0.25, 0.3) is 0 Å². The first-order chi connectivity index (χ1) is 6.24. The molecule has 2 N–H and O–H groups in total. The highest BCUT2D eigenvalue weighted by Crippen LogP contribution is 2.04. The summed E-state index contributed by atoms with van der Waals surface area (Å²) in [5.41, 5.74) is 2.87. The smallest absolute Gasteiger partial charge is 0.0795 e. The van der Waals surface area contributed by atoms with Crippen molar-refractivity contribution in [3.05, 3.63) is 16.6 Å². The monoisotopic (exact) mass is 200 g/mol. The van der Waals surface area contributed by atoms with E-state index in [1.165, 1.54) is 0 Å². The van der Waals surface area contributed by atoms with Crippen LogP contribution in [-0.2, 0) is 6.54 Å². The number of hydrogen-bond donors (Lipinski definition) is 2. The second kappa shape index (κ2) is 5.32. The predicted molar refractivity (Wildman–Crippen MR) is 54.7 cm³/mol. The van der Waals surface area contributed by atoms with Crippen molar-refractivity contribution in [3.8, 4) is 0 Å². The SMILES string of the molecule is CC(C)[C@@H](CO)NCc1cscn1. The molecule has 74 valence electrons. The molecule has 0 aliphatic heterocycles. The maximum atomic E-state index is 9.04. The molecule has 1 rings (SSSR count). The van der Waals surface area contributed by atoms with E-state index in [1.807, 2.05) is 10.9 Å². The number of aromatic nitrogens is 1. The lowest BCUT2D eigenvalue weighted by Crippen LogP contribution is -2.36. The summed E-state index contributed by atoms with van der Waals surface area (Å²) in [7, 11) is 0. The summed E-state index contributed by atoms with van der Waals surface area (Å²) in [5, 5.41) is 14.3. The summed E-state index contributed by atoms with van der Waals surface area (Å²) >= 11 is 1.59. The molecule has 0 aliphatic carbocycles. The normalized spacial score (nSPS) is 13.5. The molecule has 0 aliphatic rings. The fraction of sp³-hybridized carbons (Fsp3) is 0.667. The van der Waals surface area contributed by atoms with Crippen LogP contribution in [0.15, 0.2) is 10.9 Å². The second-order valence-corrected chi connectivity index (χ2v) is 4.11. The summed E-state index contributed by atoms with van der Waals surface area (Å²) in [6.07, 6.45) is 0. The van der Waals surface area contributed by atoms with E-state index in [0.29, 0.717) is 5.92 Å². The Morgan fingerprint density at radius 3 is 2.85 bits per heavy atom. The molecule has 0 bridgehead atoms. The van der Waals surface area contributed by atoms with Gasteiger partial charge in [0, 0.05) is 18.0 Å². The summed E-state index contributed by atoms with van der Waals surface area (Å²) < 4.78 is 0. The Kier molecular flexibility index (Phi) is 4.35. The molecule has 0 spiro atoms. The van der Waals surface area contributed by atoms with Gasteiger partial charge in [-0.25, -0.2) is 4.98 Å². The van der Waals surface area contributed by atoms with Crippen molar-refractivity contribution >= 4 is 11.3 Å². The molecule has 0 aromatic carbocycles. The largest absolute Gasteiger partial charge is 0.395 e. The molecule has 1 atom stereocenters. The van der Waals surface area contributed by atoms with E-state index in [1.54, 1.807) is 11.3 Å². The Balaban J connectivity index is 2.32. The number of nitrogens with one attached hydrogen (secondary N) is 1. The number of hydrogen-bond acceptors (Lipinski definition) is 4. The topological polar surface area (TPSA) is 45.1 Å². The molecule has 4 heteroatoms. The van der Waals surface area contributed by atoms with Crippen molar-refractivity contribution in [1.82, 2.24) is 10.3 Å². The zero-order chi connectivity index (χ0) is 9.68. The van der Waals surface area contributed by atoms with Crippen LogP contribution >= 0.6 is 11.3 Å². The van der Waals surface area contributed by atoms with Crippen LogP contribution in [0.1, 0.15) is 19.5 Å². The van der Waals surface area contributed by atoms with Gasteiger partial charge in [0.05, 0.1) is 17.8 Å². The van der Waals surface area contributed by atoms with E-state index >= 15 is 0 Å². The second-order valence-electron chi connectivity index (χ2n) is 3.39. The number of aliphatic hydroxyl groups excluding tert-OH is 1. The zero-order valence-electron chi connectivity index (χ0n) is 8.03. The van der Waals surface area contributed by atoms with Gasteiger partial charge in [0.15, 0.2) is 0 Å². The minimum atomic E-state index is 0.168. The third-order valence-corrected chi connectivity index (χ3v) is 2.67. The van der Waals surface area contributed by atoms with Gasteiger partial charge in [0.1, 0.15) is 0 Å². The van der Waals surface area contributed by atoms with E-state index in [4.69, 9.17) is 5.11 Å². The molecule has 0 fully saturated rings. The lowest BCUT2D eigenvalue weighted by atomic mass is 10.1. The van der Waals surface area contributed by atoms with Crippen LogP contribution in [0.2, 0.25) is 0 Å². The van der Waals surface area contributed by atoms with Gasteiger partial charge in [0.2, 0.25) is 0 Å². The quantitative estimate of drug-likeness (QED) is 0.752. The van der Waals surface area contributed by atoms with Crippen LogP contribution in [0.4, 0.5) is 0 Å². The minimum Gasteiger partial charge on any atom is -0.395 e. The average molecular weight is 200 g/mol. The van der Waals surface area contributed by atoms with Crippen molar-refractivity contribution in [2.24, 2.45) is 5.92 Å². The zero-order valence-corrected chi connectivity index (χ0v) is 8.84. The minimum absolute atomic E-state index is 0.168. The first kappa shape index (κ1) is 10.6. The maximum Gasteiger partial charge on any atom is 0.0795 e. The average Bonchev–Trinajstić information content (AvgIpc) is 2.57. The highest BCUT2D eigenvalue weighted by atomic mass is 32.1. The summed E-state index contributed by atoms with van der Waals surface area (Å²) in [4.78, 5) is 4.16. The van der Waals surface area contributed by atoms with Gasteiger partial charge < -0.3 is 10.4 Å². The Labute approximate surface area is 82.8 Å². The van der Waals surface area contributed by atoms with Crippen molar-refractivity contribution in [2.75, 3.05) is 6.61 Å². The molecule has 1 aromatic rings. The molecule has 1 aromatic heterocycles. The number of thiazole rings is 1. The van der Waals surface area contributed by atoms with Crippen LogP contribution in [0.5, 0.6) is 0 Å². The molecule has 0 saturated carbocycles. The summed E-state index contributed by atoms with van der Waals surface area (Å²) in [6, 6.07) is 0.168. The third-order valence-electron chi connectivity index (χ3n) is 2.03. The molecule has 3 nitrogen and oxygen atoms in total. The Morgan fingerprint density at radius 2 is 2.38 bits per heavy atom. The highest BCUT2D eigenvalue weighted by molar-refractivity contribution is 7.07. The van der Waals surface area contributed by atoms with Gasteiger partial charge in [-0.2, -0.15) is 0 Å². The van der Waals surface area contributed by atoms with E-state index < -0.39 is 0 Å². The van der Waals surface area contributed by atoms with Crippen LogP contribution < -0.4 is 5.32 Å².